The summed E-state index contributed by atoms with van der Waals surface area (Å²) in [5.74, 6) is 0.973. The van der Waals surface area contributed by atoms with E-state index < -0.39 is 0 Å². The Kier molecular flexibility index (Phi) is 4.58. The normalized spacial score (nSPS) is 14.9. The molecule has 0 fully saturated rings. The van der Waals surface area contributed by atoms with Crippen molar-refractivity contribution in [2.45, 2.75) is 32.0 Å². The molecule has 0 aliphatic rings. The Labute approximate surface area is 112 Å². The van der Waals surface area contributed by atoms with E-state index in [0.717, 1.165) is 18.7 Å². The van der Waals surface area contributed by atoms with Crippen LogP contribution in [0.5, 0.6) is 0 Å². The molecule has 0 bridgehead atoms. The van der Waals surface area contributed by atoms with Crippen molar-refractivity contribution >= 4 is 11.3 Å². The van der Waals surface area contributed by atoms with E-state index in [1.54, 1.807) is 17.6 Å². The molecule has 0 amide bonds. The molecular formula is C14H20N2OS. The van der Waals surface area contributed by atoms with E-state index in [2.05, 4.69) is 35.7 Å². The van der Waals surface area contributed by atoms with Crippen LogP contribution in [-0.4, -0.2) is 18.0 Å². The second-order valence-electron chi connectivity index (χ2n) is 4.57. The molecule has 2 N–H and O–H groups in total. The van der Waals surface area contributed by atoms with Crippen LogP contribution in [0.1, 0.15) is 30.7 Å². The molecule has 3 nitrogen and oxygen atoms in total. The Morgan fingerprint density at radius 3 is 2.83 bits per heavy atom. The van der Waals surface area contributed by atoms with Crippen LogP contribution in [0.2, 0.25) is 0 Å². The van der Waals surface area contributed by atoms with Gasteiger partial charge in [-0.05, 0) is 48.0 Å². The Morgan fingerprint density at radius 1 is 1.44 bits per heavy atom. The molecule has 0 aliphatic carbocycles. The lowest BCUT2D eigenvalue weighted by molar-refractivity contribution is 0.188. The fourth-order valence-electron chi connectivity index (χ4n) is 2.24. The van der Waals surface area contributed by atoms with Gasteiger partial charge >= 0.3 is 0 Å². The molecule has 0 aliphatic heterocycles. The zero-order chi connectivity index (χ0) is 13.0. The second kappa shape index (κ2) is 6.18. The fraction of sp³-hybridized carbons (Fsp3) is 0.429. The summed E-state index contributed by atoms with van der Waals surface area (Å²) in [6.45, 7) is 2.91. The summed E-state index contributed by atoms with van der Waals surface area (Å²) >= 11 is 1.72. The molecule has 2 aromatic heterocycles. The topological polar surface area (TPSA) is 42.4 Å². The van der Waals surface area contributed by atoms with Gasteiger partial charge in [-0.25, -0.2) is 0 Å². The molecule has 4 heteroatoms. The number of furan rings is 1. The van der Waals surface area contributed by atoms with Crippen LogP contribution in [0.25, 0.3) is 0 Å². The third kappa shape index (κ3) is 3.02. The number of nitrogens with two attached hydrogens (primary N) is 1. The fourth-order valence-corrected chi connectivity index (χ4v) is 2.93. The third-order valence-corrected chi connectivity index (χ3v) is 3.92. The van der Waals surface area contributed by atoms with Crippen LogP contribution < -0.4 is 5.73 Å². The van der Waals surface area contributed by atoms with Crippen molar-refractivity contribution in [3.8, 4) is 0 Å². The average Bonchev–Trinajstić information content (AvgIpc) is 3.02. The molecule has 18 heavy (non-hydrogen) atoms. The molecule has 2 unspecified atom stereocenters. The Morgan fingerprint density at radius 2 is 2.28 bits per heavy atom. The van der Waals surface area contributed by atoms with Crippen molar-refractivity contribution in [3.05, 3.63) is 46.5 Å². The van der Waals surface area contributed by atoms with E-state index in [-0.39, 0.29) is 12.1 Å². The Balaban J connectivity index is 2.13. The second-order valence-corrected chi connectivity index (χ2v) is 5.35. The van der Waals surface area contributed by atoms with E-state index in [0.29, 0.717) is 0 Å². The molecule has 98 valence electrons. The van der Waals surface area contributed by atoms with Gasteiger partial charge in [0.05, 0.1) is 18.8 Å². The predicted molar refractivity (Wildman–Crippen MR) is 75.5 cm³/mol. The Hall–Kier alpha value is -1.10. The summed E-state index contributed by atoms with van der Waals surface area (Å²) in [6, 6.07) is 6.45. The summed E-state index contributed by atoms with van der Waals surface area (Å²) in [7, 11) is 2.10. The lowest BCUT2D eigenvalue weighted by atomic mass is 9.99. The van der Waals surface area contributed by atoms with E-state index in [1.165, 1.54) is 5.56 Å². The van der Waals surface area contributed by atoms with Gasteiger partial charge in [-0.1, -0.05) is 6.92 Å². The summed E-state index contributed by atoms with van der Waals surface area (Å²) in [4.78, 5) is 2.26. The smallest absolute Gasteiger partial charge is 0.117 e. The maximum Gasteiger partial charge on any atom is 0.117 e. The number of hydrogen-bond acceptors (Lipinski definition) is 4. The van der Waals surface area contributed by atoms with Gasteiger partial charge in [0.1, 0.15) is 5.76 Å². The molecule has 2 atom stereocenters. The van der Waals surface area contributed by atoms with Gasteiger partial charge in [-0.2, -0.15) is 11.3 Å². The third-order valence-electron chi connectivity index (χ3n) is 3.22. The molecule has 0 saturated heterocycles. The van der Waals surface area contributed by atoms with Crippen LogP contribution in [0.3, 0.4) is 0 Å². The van der Waals surface area contributed by atoms with Crippen LogP contribution in [0.4, 0.5) is 0 Å². The van der Waals surface area contributed by atoms with E-state index >= 15 is 0 Å². The minimum Gasteiger partial charge on any atom is -0.468 e. The van der Waals surface area contributed by atoms with Crippen molar-refractivity contribution in [1.29, 1.82) is 0 Å². The largest absolute Gasteiger partial charge is 0.468 e. The van der Waals surface area contributed by atoms with Gasteiger partial charge in [-0.3, -0.25) is 4.90 Å². The number of nitrogens with zero attached hydrogens (tertiary/aromatic N) is 1. The van der Waals surface area contributed by atoms with Crippen molar-refractivity contribution in [1.82, 2.24) is 4.90 Å². The Bertz CT molecular complexity index is 438. The number of likely N-dealkylation sites (N-methyl/N-ethyl adjacent to an activating group) is 1. The van der Waals surface area contributed by atoms with Gasteiger partial charge in [0.15, 0.2) is 0 Å². The SMILES string of the molecule is CCC(N)C(c1ccsc1)N(C)Cc1ccco1. The average molecular weight is 264 g/mol. The van der Waals surface area contributed by atoms with Gasteiger partial charge in [0, 0.05) is 6.04 Å². The zero-order valence-electron chi connectivity index (χ0n) is 10.9. The quantitative estimate of drug-likeness (QED) is 0.871. The highest BCUT2D eigenvalue weighted by atomic mass is 32.1. The summed E-state index contributed by atoms with van der Waals surface area (Å²) < 4.78 is 5.41. The lowest BCUT2D eigenvalue weighted by Gasteiger charge is -2.31. The minimum absolute atomic E-state index is 0.138. The van der Waals surface area contributed by atoms with E-state index in [9.17, 15) is 0 Å². The molecule has 0 radical (unpaired) electrons. The summed E-state index contributed by atoms with van der Waals surface area (Å²) in [5.41, 5.74) is 7.57. The molecule has 2 aromatic rings. The lowest BCUT2D eigenvalue weighted by Crippen LogP contribution is -2.38. The summed E-state index contributed by atoms with van der Waals surface area (Å²) in [6.07, 6.45) is 2.67. The molecular weight excluding hydrogens is 244 g/mol. The maximum absolute atomic E-state index is 6.27. The minimum atomic E-state index is 0.138. The van der Waals surface area contributed by atoms with Crippen LogP contribution in [-0.2, 0) is 6.54 Å². The first-order valence-electron chi connectivity index (χ1n) is 6.22. The van der Waals surface area contributed by atoms with E-state index in [1.807, 2.05) is 12.1 Å². The van der Waals surface area contributed by atoms with Gasteiger partial charge < -0.3 is 10.2 Å². The van der Waals surface area contributed by atoms with Crippen LogP contribution in [0.15, 0.2) is 39.6 Å². The van der Waals surface area contributed by atoms with Gasteiger partial charge in [-0.15, -0.1) is 0 Å². The standard InChI is InChI=1S/C14H20N2OS/c1-3-13(15)14(11-6-8-18-10-11)16(2)9-12-5-4-7-17-12/h4-8,10,13-14H,3,9,15H2,1-2H3. The molecule has 0 saturated carbocycles. The molecule has 0 spiro atoms. The van der Waals surface area contributed by atoms with Crippen molar-refractivity contribution in [2.24, 2.45) is 5.73 Å². The molecule has 0 aromatic carbocycles. The zero-order valence-corrected chi connectivity index (χ0v) is 11.7. The van der Waals surface area contributed by atoms with E-state index in [4.69, 9.17) is 10.2 Å². The van der Waals surface area contributed by atoms with Crippen molar-refractivity contribution in [2.75, 3.05) is 7.05 Å². The van der Waals surface area contributed by atoms with Crippen LogP contribution in [0, 0.1) is 0 Å². The highest BCUT2D eigenvalue weighted by molar-refractivity contribution is 7.07. The summed E-state index contributed by atoms with van der Waals surface area (Å²) in [5, 5.41) is 4.28. The molecule has 2 rings (SSSR count). The highest BCUT2D eigenvalue weighted by Crippen LogP contribution is 2.27. The van der Waals surface area contributed by atoms with Crippen molar-refractivity contribution < 1.29 is 4.42 Å². The van der Waals surface area contributed by atoms with Crippen molar-refractivity contribution in [3.63, 3.8) is 0 Å². The number of rotatable bonds is 6. The number of thiophene rings is 1. The van der Waals surface area contributed by atoms with Gasteiger partial charge in [0.2, 0.25) is 0 Å². The first kappa shape index (κ1) is 13.3. The first-order chi connectivity index (χ1) is 8.72. The maximum atomic E-state index is 6.27. The van der Waals surface area contributed by atoms with Gasteiger partial charge in [0.25, 0.3) is 0 Å². The van der Waals surface area contributed by atoms with Crippen LogP contribution >= 0.6 is 11.3 Å². The monoisotopic (exact) mass is 264 g/mol. The number of hydrogen-bond donors (Lipinski definition) is 1. The predicted octanol–water partition coefficient (Wildman–Crippen LogP) is 3.25. The molecule has 2 heterocycles. The first-order valence-corrected chi connectivity index (χ1v) is 7.17. The highest BCUT2D eigenvalue weighted by Gasteiger charge is 2.23.